The van der Waals surface area contributed by atoms with E-state index in [-0.39, 0.29) is 18.5 Å². The molecule has 0 saturated carbocycles. The number of pyridine rings is 1. The average molecular weight is 384 g/mol. The number of ether oxygens (including phenoxy) is 2. The van der Waals surface area contributed by atoms with Crippen molar-refractivity contribution in [3.63, 3.8) is 0 Å². The van der Waals surface area contributed by atoms with Gasteiger partial charge in [-0.05, 0) is 61.2 Å². The van der Waals surface area contributed by atoms with Gasteiger partial charge in [-0.15, -0.1) is 0 Å². The maximum absolute atomic E-state index is 13.1. The molecule has 0 saturated heterocycles. The number of benzene rings is 2. The highest BCUT2D eigenvalue weighted by Crippen LogP contribution is 2.49. The maximum Gasteiger partial charge on any atom is 0.231 e. The first-order chi connectivity index (χ1) is 14.2. The van der Waals surface area contributed by atoms with E-state index in [1.165, 1.54) is 0 Å². The molecule has 144 valence electrons. The number of carbonyl (C=O) groups excluding carboxylic acids is 1. The number of Topliss-reactive ketones (excluding diaryl/α,β-unsaturated/α-hetero) is 1. The van der Waals surface area contributed by atoms with Gasteiger partial charge in [0.1, 0.15) is 0 Å². The Hall–Kier alpha value is -3.34. The van der Waals surface area contributed by atoms with Gasteiger partial charge < -0.3 is 14.8 Å². The fraction of sp³-hybridized carbons (Fsp3) is 0.250. The molecular weight excluding hydrogens is 364 g/mol. The first kappa shape index (κ1) is 16.6. The van der Waals surface area contributed by atoms with Crippen LogP contribution in [-0.4, -0.2) is 17.6 Å². The molecular formula is C24H20N2O3. The van der Waals surface area contributed by atoms with Crippen LogP contribution in [0.5, 0.6) is 11.5 Å². The van der Waals surface area contributed by atoms with Crippen LogP contribution in [0.25, 0.3) is 10.9 Å². The van der Waals surface area contributed by atoms with Crippen LogP contribution in [0, 0.1) is 6.92 Å². The van der Waals surface area contributed by atoms with E-state index in [4.69, 9.17) is 14.5 Å². The van der Waals surface area contributed by atoms with Crippen molar-refractivity contribution in [1.82, 2.24) is 4.98 Å². The molecule has 1 aromatic heterocycles. The zero-order chi connectivity index (χ0) is 19.5. The van der Waals surface area contributed by atoms with Gasteiger partial charge >= 0.3 is 0 Å². The molecule has 3 aromatic rings. The molecule has 1 aliphatic carbocycles. The summed E-state index contributed by atoms with van der Waals surface area (Å²) >= 11 is 0. The lowest BCUT2D eigenvalue weighted by molar-refractivity contribution is -0.116. The van der Waals surface area contributed by atoms with Gasteiger partial charge in [0.05, 0.1) is 5.52 Å². The molecule has 0 spiro atoms. The minimum absolute atomic E-state index is 0.142. The molecule has 1 unspecified atom stereocenters. The van der Waals surface area contributed by atoms with Crippen molar-refractivity contribution in [1.29, 1.82) is 0 Å². The normalized spacial score (nSPS) is 19.8. The molecule has 6 rings (SSSR count). The number of nitrogens with one attached hydrogen (secondary N) is 1. The highest BCUT2D eigenvalue weighted by Gasteiger charge is 2.36. The first-order valence-electron chi connectivity index (χ1n) is 10.0. The third-order valence-electron chi connectivity index (χ3n) is 6.10. The summed E-state index contributed by atoms with van der Waals surface area (Å²) in [6.07, 6.45) is 2.38. The lowest BCUT2D eigenvalue weighted by Gasteiger charge is -2.35. The predicted molar refractivity (Wildman–Crippen MR) is 110 cm³/mol. The smallest absolute Gasteiger partial charge is 0.231 e. The van der Waals surface area contributed by atoms with Crippen molar-refractivity contribution in [3.05, 3.63) is 70.6 Å². The van der Waals surface area contributed by atoms with Gasteiger partial charge in [0.25, 0.3) is 0 Å². The minimum atomic E-state index is -0.142. The van der Waals surface area contributed by atoms with Gasteiger partial charge in [-0.1, -0.05) is 12.1 Å². The van der Waals surface area contributed by atoms with Gasteiger partial charge in [0.15, 0.2) is 17.3 Å². The Morgan fingerprint density at radius 2 is 1.93 bits per heavy atom. The number of rotatable bonds is 1. The summed E-state index contributed by atoms with van der Waals surface area (Å²) in [4.78, 5) is 17.8. The maximum atomic E-state index is 13.1. The van der Waals surface area contributed by atoms with Crippen LogP contribution in [0.15, 0.2) is 53.7 Å². The monoisotopic (exact) mass is 384 g/mol. The Labute approximate surface area is 168 Å². The molecule has 0 bridgehead atoms. The van der Waals surface area contributed by atoms with Gasteiger partial charge in [-0.25, -0.2) is 0 Å². The van der Waals surface area contributed by atoms with Crippen molar-refractivity contribution in [3.8, 4) is 11.5 Å². The zero-order valence-corrected chi connectivity index (χ0v) is 16.1. The lowest BCUT2D eigenvalue weighted by Crippen LogP contribution is -2.27. The van der Waals surface area contributed by atoms with E-state index in [1.54, 1.807) is 0 Å². The van der Waals surface area contributed by atoms with Crippen LogP contribution in [0.1, 0.15) is 42.0 Å². The summed E-state index contributed by atoms with van der Waals surface area (Å²) in [6.45, 7) is 2.23. The van der Waals surface area contributed by atoms with Crippen LogP contribution in [0.4, 0.5) is 5.69 Å². The molecule has 1 atom stereocenters. The van der Waals surface area contributed by atoms with Crippen LogP contribution >= 0.6 is 0 Å². The number of anilines is 1. The number of ketones is 1. The van der Waals surface area contributed by atoms with Crippen LogP contribution < -0.4 is 14.8 Å². The molecule has 0 fully saturated rings. The topological polar surface area (TPSA) is 60.5 Å². The average Bonchev–Trinajstić information content (AvgIpc) is 3.20. The number of aryl methyl sites for hydroxylation is 1. The Kier molecular flexibility index (Phi) is 3.48. The molecule has 5 heteroatoms. The van der Waals surface area contributed by atoms with E-state index in [1.807, 2.05) is 25.1 Å². The second-order valence-electron chi connectivity index (χ2n) is 7.89. The Morgan fingerprint density at radius 1 is 1.03 bits per heavy atom. The summed E-state index contributed by atoms with van der Waals surface area (Å²) < 4.78 is 11.1. The van der Waals surface area contributed by atoms with Crippen molar-refractivity contribution in [2.24, 2.45) is 0 Å². The summed E-state index contributed by atoms with van der Waals surface area (Å²) in [5.74, 6) is 1.57. The molecule has 3 heterocycles. The molecule has 0 amide bonds. The van der Waals surface area contributed by atoms with Crippen molar-refractivity contribution >= 4 is 22.4 Å². The molecule has 0 radical (unpaired) electrons. The van der Waals surface area contributed by atoms with E-state index < -0.39 is 0 Å². The van der Waals surface area contributed by atoms with Crippen LogP contribution in [0.3, 0.4) is 0 Å². The lowest BCUT2D eigenvalue weighted by atomic mass is 9.74. The largest absolute Gasteiger partial charge is 0.454 e. The quantitative estimate of drug-likeness (QED) is 0.651. The molecule has 2 aliphatic heterocycles. The fourth-order valence-corrected chi connectivity index (χ4v) is 4.81. The van der Waals surface area contributed by atoms with Gasteiger partial charge in [-0.3, -0.25) is 9.78 Å². The zero-order valence-electron chi connectivity index (χ0n) is 16.1. The standard InChI is InChI=1S/C24H20N2O3/c1-13-5-7-15-16(25-13)8-9-18-23(15)22(24-17(26-18)3-2-4-19(24)27)14-6-10-20-21(11-14)29-12-28-20/h5-11,22,26H,2-4,12H2,1H3. The third kappa shape index (κ3) is 2.47. The first-order valence-corrected chi connectivity index (χ1v) is 10.0. The Balaban J connectivity index is 1.65. The number of hydrogen-bond donors (Lipinski definition) is 1. The van der Waals surface area contributed by atoms with E-state index in [0.29, 0.717) is 6.42 Å². The fourth-order valence-electron chi connectivity index (χ4n) is 4.81. The molecule has 3 aliphatic rings. The number of fused-ring (bicyclic) bond motifs is 4. The van der Waals surface area contributed by atoms with Gasteiger partial charge in [-0.2, -0.15) is 0 Å². The Morgan fingerprint density at radius 3 is 2.86 bits per heavy atom. The summed E-state index contributed by atoms with van der Waals surface area (Å²) in [5, 5.41) is 4.64. The summed E-state index contributed by atoms with van der Waals surface area (Å²) in [5.41, 5.74) is 7.08. The second-order valence-corrected chi connectivity index (χ2v) is 7.89. The second kappa shape index (κ2) is 6.08. The number of hydrogen-bond acceptors (Lipinski definition) is 5. The summed E-state index contributed by atoms with van der Waals surface area (Å²) in [7, 11) is 0. The molecule has 2 aromatic carbocycles. The number of nitrogens with zero attached hydrogens (tertiary/aromatic N) is 1. The van der Waals surface area contributed by atoms with E-state index in [9.17, 15) is 4.79 Å². The van der Waals surface area contributed by atoms with Gasteiger partial charge in [0.2, 0.25) is 6.79 Å². The van der Waals surface area contributed by atoms with E-state index >= 15 is 0 Å². The van der Waals surface area contributed by atoms with Crippen molar-refractivity contribution in [2.75, 3.05) is 12.1 Å². The SMILES string of the molecule is Cc1ccc2c3c(ccc2n1)NC1=C(C(=O)CCC1)C3c1ccc2c(c1)OCO2. The van der Waals surface area contributed by atoms with E-state index in [0.717, 1.165) is 69.0 Å². The van der Waals surface area contributed by atoms with Crippen LogP contribution in [-0.2, 0) is 4.79 Å². The highest BCUT2D eigenvalue weighted by atomic mass is 16.7. The number of carbonyl (C=O) groups is 1. The summed E-state index contributed by atoms with van der Waals surface area (Å²) in [6, 6.07) is 14.3. The third-order valence-corrected chi connectivity index (χ3v) is 6.10. The predicted octanol–water partition coefficient (Wildman–Crippen LogP) is 4.84. The number of aromatic nitrogens is 1. The Bertz CT molecular complexity index is 1230. The van der Waals surface area contributed by atoms with Gasteiger partial charge in [0, 0.05) is 40.4 Å². The highest BCUT2D eigenvalue weighted by molar-refractivity contribution is 6.03. The molecule has 5 nitrogen and oxygen atoms in total. The van der Waals surface area contributed by atoms with Crippen LogP contribution in [0.2, 0.25) is 0 Å². The van der Waals surface area contributed by atoms with E-state index in [2.05, 4.69) is 29.6 Å². The minimum Gasteiger partial charge on any atom is -0.454 e. The van der Waals surface area contributed by atoms with Crippen molar-refractivity contribution in [2.45, 2.75) is 32.1 Å². The molecule has 29 heavy (non-hydrogen) atoms. The number of allylic oxidation sites excluding steroid dienone is 2. The van der Waals surface area contributed by atoms with Crippen molar-refractivity contribution < 1.29 is 14.3 Å². The molecule has 1 N–H and O–H groups in total.